The average molecular weight is 287 g/mol. The highest BCUT2D eigenvalue weighted by atomic mass is 16.5. The van der Waals surface area contributed by atoms with Gasteiger partial charge in [0, 0.05) is 7.05 Å². The molecular weight excluding hydrogens is 262 g/mol. The molecule has 1 aromatic carbocycles. The van der Waals surface area contributed by atoms with Crippen LogP contribution in [0.4, 0.5) is 5.69 Å². The van der Waals surface area contributed by atoms with Gasteiger partial charge < -0.3 is 10.5 Å². The zero-order chi connectivity index (χ0) is 15.2. The number of nitrogen functional groups attached to an aromatic ring is 1. The van der Waals surface area contributed by atoms with E-state index in [9.17, 15) is 0 Å². The summed E-state index contributed by atoms with van der Waals surface area (Å²) >= 11 is 0. The van der Waals surface area contributed by atoms with Crippen LogP contribution in [0.1, 0.15) is 44.4 Å². The van der Waals surface area contributed by atoms with Crippen molar-refractivity contribution in [3.8, 4) is 11.6 Å². The minimum absolute atomic E-state index is 0.625. The highest BCUT2D eigenvalue weighted by Gasteiger charge is 2.14. The Balaban J connectivity index is 2.11. The maximum atomic E-state index is 6.13. The third-order valence-corrected chi connectivity index (χ3v) is 3.55. The highest BCUT2D eigenvalue weighted by Crippen LogP contribution is 2.30. The van der Waals surface area contributed by atoms with Crippen LogP contribution in [0.15, 0.2) is 24.3 Å². The van der Waals surface area contributed by atoms with E-state index in [0.717, 1.165) is 30.7 Å². The van der Waals surface area contributed by atoms with Crippen molar-refractivity contribution in [3.05, 3.63) is 35.5 Å². The molecule has 2 aromatic rings. The fraction of sp³-hybridized carbons (Fsp3) is 0.471. The Kier molecular flexibility index (Phi) is 5.26. The van der Waals surface area contributed by atoms with Gasteiger partial charge in [-0.15, -0.1) is 0 Å². The molecule has 0 bridgehead atoms. The zero-order valence-corrected chi connectivity index (χ0v) is 13.2. The lowest BCUT2D eigenvalue weighted by atomic mass is 10.1. The monoisotopic (exact) mass is 287 g/mol. The number of aromatic nitrogens is 2. The van der Waals surface area contributed by atoms with Gasteiger partial charge in [0.15, 0.2) is 0 Å². The number of benzene rings is 1. The van der Waals surface area contributed by atoms with Crippen molar-refractivity contribution in [2.24, 2.45) is 7.05 Å². The van der Waals surface area contributed by atoms with E-state index in [1.807, 2.05) is 19.2 Å². The van der Waals surface area contributed by atoms with Crippen LogP contribution >= 0.6 is 0 Å². The lowest BCUT2D eigenvalue weighted by Crippen LogP contribution is -1.97. The van der Waals surface area contributed by atoms with Crippen LogP contribution in [0.5, 0.6) is 11.6 Å². The summed E-state index contributed by atoms with van der Waals surface area (Å²) in [6.07, 6.45) is 5.44. The highest BCUT2D eigenvalue weighted by molar-refractivity contribution is 5.54. The second-order valence-electron chi connectivity index (χ2n) is 5.39. The number of aryl methyl sites for hydroxylation is 3. The van der Waals surface area contributed by atoms with E-state index in [4.69, 9.17) is 10.5 Å². The predicted molar refractivity (Wildman–Crippen MR) is 86.7 cm³/mol. The summed E-state index contributed by atoms with van der Waals surface area (Å²) in [5.41, 5.74) is 9.03. The number of hydrogen-bond donors (Lipinski definition) is 1. The second kappa shape index (κ2) is 7.16. The van der Waals surface area contributed by atoms with Crippen molar-refractivity contribution >= 4 is 5.69 Å². The molecule has 0 atom stereocenters. The number of anilines is 1. The predicted octanol–water partition coefficient (Wildman–Crippen LogP) is 4.09. The van der Waals surface area contributed by atoms with E-state index in [1.165, 1.54) is 18.4 Å². The van der Waals surface area contributed by atoms with Crippen molar-refractivity contribution in [2.45, 2.75) is 46.0 Å². The van der Waals surface area contributed by atoms with Crippen LogP contribution in [0.2, 0.25) is 0 Å². The molecule has 1 heterocycles. The number of hydrogen-bond acceptors (Lipinski definition) is 3. The molecule has 21 heavy (non-hydrogen) atoms. The Labute approximate surface area is 126 Å². The quantitative estimate of drug-likeness (QED) is 0.834. The molecule has 0 saturated carbocycles. The SMILES string of the molecule is CCCCc1ccc(Oc2c(N)c(CCC)nn2C)cc1. The van der Waals surface area contributed by atoms with Crippen LogP contribution in [0.3, 0.4) is 0 Å². The smallest absolute Gasteiger partial charge is 0.241 e. The largest absolute Gasteiger partial charge is 0.437 e. The molecule has 4 heteroatoms. The zero-order valence-electron chi connectivity index (χ0n) is 13.2. The van der Waals surface area contributed by atoms with Gasteiger partial charge in [-0.25, -0.2) is 4.68 Å². The molecule has 0 spiro atoms. The maximum Gasteiger partial charge on any atom is 0.241 e. The molecule has 2 N–H and O–H groups in total. The van der Waals surface area contributed by atoms with E-state index in [2.05, 4.69) is 31.1 Å². The topological polar surface area (TPSA) is 53.1 Å². The third kappa shape index (κ3) is 3.78. The van der Waals surface area contributed by atoms with E-state index in [0.29, 0.717) is 11.6 Å². The maximum absolute atomic E-state index is 6.13. The van der Waals surface area contributed by atoms with E-state index >= 15 is 0 Å². The van der Waals surface area contributed by atoms with Crippen molar-refractivity contribution in [3.63, 3.8) is 0 Å². The van der Waals surface area contributed by atoms with E-state index in [-0.39, 0.29) is 0 Å². The van der Waals surface area contributed by atoms with Gasteiger partial charge in [0.05, 0.1) is 5.69 Å². The Morgan fingerprint density at radius 1 is 1.10 bits per heavy atom. The summed E-state index contributed by atoms with van der Waals surface area (Å²) < 4.78 is 7.62. The van der Waals surface area contributed by atoms with Crippen LogP contribution in [0.25, 0.3) is 0 Å². The number of nitrogens with two attached hydrogens (primary N) is 1. The van der Waals surface area contributed by atoms with Gasteiger partial charge in [-0.05, 0) is 37.0 Å². The molecule has 0 aliphatic heterocycles. The molecule has 0 radical (unpaired) electrons. The lowest BCUT2D eigenvalue weighted by molar-refractivity contribution is 0.432. The van der Waals surface area contributed by atoms with Gasteiger partial charge in [-0.3, -0.25) is 0 Å². The number of rotatable bonds is 7. The molecule has 0 aliphatic carbocycles. The van der Waals surface area contributed by atoms with Crippen LogP contribution in [0, 0.1) is 0 Å². The van der Waals surface area contributed by atoms with E-state index in [1.54, 1.807) is 4.68 Å². The normalized spacial score (nSPS) is 10.8. The number of ether oxygens (including phenoxy) is 1. The first-order chi connectivity index (χ1) is 10.2. The first-order valence-electron chi connectivity index (χ1n) is 7.73. The molecule has 0 aliphatic rings. The van der Waals surface area contributed by atoms with Gasteiger partial charge >= 0.3 is 0 Å². The fourth-order valence-corrected chi connectivity index (χ4v) is 2.34. The lowest BCUT2D eigenvalue weighted by Gasteiger charge is -2.07. The summed E-state index contributed by atoms with van der Waals surface area (Å²) in [6, 6.07) is 8.23. The first kappa shape index (κ1) is 15.4. The fourth-order valence-electron chi connectivity index (χ4n) is 2.34. The standard InChI is InChI=1S/C17H25N3O/c1-4-6-8-13-9-11-14(12-10-13)21-17-16(18)15(7-5-2)19-20(17)3/h9-12H,4-8,18H2,1-3H3. The van der Waals surface area contributed by atoms with Crippen molar-refractivity contribution < 1.29 is 4.74 Å². The summed E-state index contributed by atoms with van der Waals surface area (Å²) in [5, 5.41) is 4.42. The minimum Gasteiger partial charge on any atom is -0.437 e. The Morgan fingerprint density at radius 3 is 2.43 bits per heavy atom. The Bertz CT molecular complexity index is 572. The van der Waals surface area contributed by atoms with Gasteiger partial charge in [0.1, 0.15) is 11.4 Å². The molecule has 0 saturated heterocycles. The molecule has 0 amide bonds. The van der Waals surface area contributed by atoms with Gasteiger partial charge in [-0.2, -0.15) is 5.10 Å². The summed E-state index contributed by atoms with van der Waals surface area (Å²) in [6.45, 7) is 4.32. The first-order valence-corrected chi connectivity index (χ1v) is 7.73. The van der Waals surface area contributed by atoms with Gasteiger partial charge in [0.2, 0.25) is 5.88 Å². The molecule has 2 rings (SSSR count). The molecular formula is C17H25N3O. The van der Waals surface area contributed by atoms with Gasteiger partial charge in [0.25, 0.3) is 0 Å². The molecule has 0 unspecified atom stereocenters. The summed E-state index contributed by atoms with van der Waals surface area (Å²) in [5.74, 6) is 1.42. The van der Waals surface area contributed by atoms with Crippen LogP contribution in [-0.4, -0.2) is 9.78 Å². The number of unbranched alkanes of at least 4 members (excludes halogenated alkanes) is 1. The van der Waals surface area contributed by atoms with Crippen molar-refractivity contribution in [1.29, 1.82) is 0 Å². The summed E-state index contributed by atoms with van der Waals surface area (Å²) in [7, 11) is 1.86. The van der Waals surface area contributed by atoms with Crippen molar-refractivity contribution in [2.75, 3.05) is 5.73 Å². The second-order valence-corrected chi connectivity index (χ2v) is 5.39. The van der Waals surface area contributed by atoms with E-state index < -0.39 is 0 Å². The molecule has 1 aromatic heterocycles. The minimum atomic E-state index is 0.625. The summed E-state index contributed by atoms with van der Waals surface area (Å²) in [4.78, 5) is 0. The number of nitrogens with zero attached hydrogens (tertiary/aromatic N) is 2. The van der Waals surface area contributed by atoms with Crippen LogP contribution < -0.4 is 10.5 Å². The Hall–Kier alpha value is -1.97. The average Bonchev–Trinajstić information content (AvgIpc) is 2.75. The van der Waals surface area contributed by atoms with Crippen molar-refractivity contribution in [1.82, 2.24) is 9.78 Å². The van der Waals surface area contributed by atoms with Crippen LogP contribution in [-0.2, 0) is 19.9 Å². The third-order valence-electron chi connectivity index (χ3n) is 3.55. The Morgan fingerprint density at radius 2 is 1.81 bits per heavy atom. The molecule has 4 nitrogen and oxygen atoms in total. The molecule has 0 fully saturated rings. The molecule has 114 valence electrons. The van der Waals surface area contributed by atoms with Gasteiger partial charge in [-0.1, -0.05) is 38.8 Å².